The van der Waals surface area contributed by atoms with E-state index in [0.29, 0.717) is 32.2 Å². The molecule has 11 heteroatoms. The minimum absolute atomic E-state index is 0.0304. The van der Waals surface area contributed by atoms with Crippen molar-refractivity contribution < 1.29 is 28.2 Å². The van der Waals surface area contributed by atoms with E-state index in [2.05, 4.69) is 5.32 Å². The molecule has 2 aromatic rings. The first kappa shape index (κ1) is 22.7. The molecule has 2 N–H and O–H groups in total. The molecule has 1 fully saturated rings. The van der Waals surface area contributed by atoms with Crippen LogP contribution in [0.15, 0.2) is 29.2 Å². The van der Waals surface area contributed by atoms with E-state index in [4.69, 9.17) is 4.74 Å². The third-order valence-electron chi connectivity index (χ3n) is 6.04. The van der Waals surface area contributed by atoms with E-state index in [0.717, 1.165) is 6.07 Å². The van der Waals surface area contributed by atoms with Gasteiger partial charge >= 0.3 is 0 Å². The van der Waals surface area contributed by atoms with Crippen molar-refractivity contribution in [3.63, 3.8) is 0 Å². The first-order chi connectivity index (χ1) is 15.8. The molecule has 0 aliphatic carbocycles. The van der Waals surface area contributed by atoms with Crippen molar-refractivity contribution >= 4 is 11.8 Å². The number of halogens is 2. The molecule has 176 valence electrons. The molecule has 2 aliphatic rings. The number of carbonyl (C=O) groups excluding carboxylic acids is 2. The van der Waals surface area contributed by atoms with Crippen LogP contribution >= 0.6 is 0 Å². The van der Waals surface area contributed by atoms with Crippen molar-refractivity contribution in [3.8, 4) is 5.75 Å². The monoisotopic (exact) mass is 462 g/mol. The van der Waals surface area contributed by atoms with Crippen molar-refractivity contribution in [2.24, 2.45) is 5.92 Å². The topological polar surface area (TPSA) is 104 Å². The average Bonchev–Trinajstić information content (AvgIpc) is 3.19. The van der Waals surface area contributed by atoms with Gasteiger partial charge in [0.15, 0.2) is 11.4 Å². The largest absolute Gasteiger partial charge is 0.502 e. The van der Waals surface area contributed by atoms with Gasteiger partial charge in [0.2, 0.25) is 5.43 Å². The van der Waals surface area contributed by atoms with Gasteiger partial charge in [0.1, 0.15) is 23.4 Å². The molecule has 2 aliphatic heterocycles. The Kier molecular flexibility index (Phi) is 6.07. The molecule has 9 nitrogen and oxygen atoms in total. The van der Waals surface area contributed by atoms with E-state index < -0.39 is 40.2 Å². The number of nitrogens with one attached hydrogen (secondary N) is 1. The smallest absolute Gasteiger partial charge is 0.278 e. The van der Waals surface area contributed by atoms with Gasteiger partial charge < -0.3 is 20.1 Å². The lowest BCUT2D eigenvalue weighted by Crippen LogP contribution is -2.58. The van der Waals surface area contributed by atoms with E-state index in [9.17, 15) is 28.3 Å². The summed E-state index contributed by atoms with van der Waals surface area (Å²) in [6, 6.07) is 2.93. The third kappa shape index (κ3) is 3.92. The molecular weight excluding hydrogens is 438 g/mol. The van der Waals surface area contributed by atoms with E-state index in [1.807, 2.05) is 5.01 Å². The molecule has 4 rings (SSSR count). The Hall–Kier alpha value is -3.47. The zero-order valence-electron chi connectivity index (χ0n) is 18.2. The Morgan fingerprint density at radius 2 is 2.06 bits per heavy atom. The summed E-state index contributed by atoms with van der Waals surface area (Å²) in [4.78, 5) is 40.1. The van der Waals surface area contributed by atoms with Crippen molar-refractivity contribution in [1.29, 1.82) is 0 Å². The lowest BCUT2D eigenvalue weighted by atomic mass is 10.1. The summed E-state index contributed by atoms with van der Waals surface area (Å²) >= 11 is 0. The molecular formula is C22H24F2N4O5. The van der Waals surface area contributed by atoms with Gasteiger partial charge in [0, 0.05) is 50.5 Å². The minimum Gasteiger partial charge on any atom is -0.502 e. The van der Waals surface area contributed by atoms with E-state index in [1.165, 1.54) is 16.9 Å². The van der Waals surface area contributed by atoms with Crippen molar-refractivity contribution in [1.82, 2.24) is 14.9 Å². The van der Waals surface area contributed by atoms with Gasteiger partial charge in [-0.1, -0.05) is 6.07 Å². The van der Waals surface area contributed by atoms with Crippen LogP contribution in [0.2, 0.25) is 0 Å². The summed E-state index contributed by atoms with van der Waals surface area (Å²) in [5, 5.41) is 14.8. The van der Waals surface area contributed by atoms with Crippen LogP contribution in [-0.2, 0) is 11.3 Å². The number of ether oxygens (including phenoxy) is 1. The molecule has 2 amide bonds. The number of methoxy groups -OCH3 is 1. The number of aromatic nitrogens is 1. The van der Waals surface area contributed by atoms with Gasteiger partial charge in [0.25, 0.3) is 11.8 Å². The summed E-state index contributed by atoms with van der Waals surface area (Å²) in [6.45, 7) is 2.84. The van der Waals surface area contributed by atoms with Crippen molar-refractivity contribution in [3.05, 3.63) is 63.1 Å². The normalized spacial score (nSPS) is 19.5. The number of hydrogen-bond acceptors (Lipinski definition) is 6. The Morgan fingerprint density at radius 3 is 2.73 bits per heavy atom. The zero-order valence-corrected chi connectivity index (χ0v) is 18.2. The van der Waals surface area contributed by atoms with Crippen molar-refractivity contribution in [2.75, 3.05) is 31.8 Å². The molecule has 0 spiro atoms. The number of amides is 2. The van der Waals surface area contributed by atoms with Crippen LogP contribution in [0, 0.1) is 17.6 Å². The average molecular weight is 462 g/mol. The molecule has 3 heterocycles. The highest BCUT2D eigenvalue weighted by atomic mass is 19.1. The Bertz CT molecular complexity index is 1170. The number of hydrogen-bond donors (Lipinski definition) is 2. The summed E-state index contributed by atoms with van der Waals surface area (Å²) in [5.41, 5.74) is -1.58. The van der Waals surface area contributed by atoms with Gasteiger partial charge in [0.05, 0.1) is 6.61 Å². The maximum atomic E-state index is 13.9. The highest BCUT2D eigenvalue weighted by Gasteiger charge is 2.45. The summed E-state index contributed by atoms with van der Waals surface area (Å²) in [7, 11) is 1.59. The first-order valence-electron chi connectivity index (χ1n) is 10.5. The van der Waals surface area contributed by atoms with Crippen LogP contribution in [0.25, 0.3) is 0 Å². The molecule has 1 saturated heterocycles. The third-order valence-corrected chi connectivity index (χ3v) is 6.04. The molecule has 2 atom stereocenters. The molecule has 0 radical (unpaired) electrons. The van der Waals surface area contributed by atoms with Crippen molar-refractivity contribution in [2.45, 2.75) is 26.1 Å². The van der Waals surface area contributed by atoms with Gasteiger partial charge in [-0.2, -0.15) is 0 Å². The highest BCUT2D eigenvalue weighted by Crippen LogP contribution is 2.32. The number of nitrogens with zero attached hydrogens (tertiary/aromatic N) is 3. The predicted octanol–water partition coefficient (Wildman–Crippen LogP) is 1.17. The van der Waals surface area contributed by atoms with Crippen LogP contribution in [-0.4, -0.2) is 59.5 Å². The fourth-order valence-corrected chi connectivity index (χ4v) is 4.47. The maximum Gasteiger partial charge on any atom is 0.278 e. The van der Waals surface area contributed by atoms with E-state index in [1.54, 1.807) is 18.9 Å². The Morgan fingerprint density at radius 1 is 1.30 bits per heavy atom. The number of benzene rings is 1. The SMILES string of the molecule is CCN1C(=O)c2c(O)c(=O)c(C(=O)NCc3ccc(F)cc3F)cn2N2C[C@@H](COC)C[C@@H]12. The second kappa shape index (κ2) is 8.81. The Balaban J connectivity index is 1.68. The Labute approximate surface area is 188 Å². The lowest BCUT2D eigenvalue weighted by Gasteiger charge is -2.42. The first-order valence-corrected chi connectivity index (χ1v) is 10.5. The highest BCUT2D eigenvalue weighted by molar-refractivity contribution is 5.99. The van der Waals surface area contributed by atoms with Gasteiger partial charge in [-0.3, -0.25) is 24.1 Å². The van der Waals surface area contributed by atoms with Crippen LogP contribution in [0.4, 0.5) is 8.78 Å². The maximum absolute atomic E-state index is 13.9. The van der Waals surface area contributed by atoms with Crippen LogP contribution in [0.1, 0.15) is 39.8 Å². The fraction of sp³-hybridized carbons (Fsp3) is 0.409. The molecule has 33 heavy (non-hydrogen) atoms. The minimum atomic E-state index is -1.01. The standard InChI is InChI=1S/C22H24F2N4O5/c1-3-26-17-6-12(11-33-2)9-27(17)28-10-15(19(29)20(30)18(28)22(26)32)21(31)25-8-13-4-5-14(23)7-16(13)24/h4-5,7,10,12,17,30H,3,6,8-9,11H2,1-2H3,(H,25,31)/t12-,17-/m0/s1. The van der Waals surface area contributed by atoms with Gasteiger partial charge in [-0.05, 0) is 19.4 Å². The van der Waals surface area contributed by atoms with E-state index >= 15 is 0 Å². The lowest BCUT2D eigenvalue weighted by molar-refractivity contribution is 0.0598. The fourth-order valence-electron chi connectivity index (χ4n) is 4.47. The summed E-state index contributed by atoms with van der Waals surface area (Å²) in [5.74, 6) is -3.68. The number of rotatable bonds is 6. The molecule has 1 aromatic carbocycles. The quantitative estimate of drug-likeness (QED) is 0.668. The second-order valence-electron chi connectivity index (χ2n) is 8.08. The molecule has 1 aromatic heterocycles. The number of fused-ring (bicyclic) bond motifs is 3. The van der Waals surface area contributed by atoms with E-state index in [-0.39, 0.29) is 29.9 Å². The second-order valence-corrected chi connectivity index (χ2v) is 8.08. The summed E-state index contributed by atoms with van der Waals surface area (Å²) in [6.07, 6.45) is 1.53. The molecule has 0 unspecified atom stereocenters. The number of aromatic hydroxyl groups is 1. The summed E-state index contributed by atoms with van der Waals surface area (Å²) < 4.78 is 33.6. The molecule has 0 bridgehead atoms. The van der Waals surface area contributed by atoms with Gasteiger partial charge in [-0.25, -0.2) is 8.78 Å². The van der Waals surface area contributed by atoms with Crippen LogP contribution in [0.3, 0.4) is 0 Å². The molecule has 0 saturated carbocycles. The zero-order chi connectivity index (χ0) is 23.9. The predicted molar refractivity (Wildman–Crippen MR) is 113 cm³/mol. The van der Waals surface area contributed by atoms with Gasteiger partial charge in [-0.15, -0.1) is 0 Å². The number of pyridine rings is 1. The van der Waals surface area contributed by atoms with Crippen LogP contribution < -0.4 is 15.8 Å². The van der Waals surface area contributed by atoms with Crippen LogP contribution in [0.5, 0.6) is 5.75 Å². The number of carbonyl (C=O) groups is 2.